The van der Waals surface area contributed by atoms with Crippen LogP contribution in [0.4, 0.5) is 0 Å². The number of aliphatic carboxylic acids is 2. The molecule has 0 spiro atoms. The van der Waals surface area contributed by atoms with E-state index in [1.54, 1.807) is 0 Å². The Balaban J connectivity index is 0. The fourth-order valence-corrected chi connectivity index (χ4v) is 1.19. The molecule has 0 fully saturated rings. The van der Waals surface area contributed by atoms with Gasteiger partial charge in [0.2, 0.25) is 0 Å². The molecule has 0 aromatic heterocycles. The normalized spacial score (nSPS) is 9.44. The largest absolute Gasteiger partial charge is 0.481 e. The van der Waals surface area contributed by atoms with Crippen molar-refractivity contribution in [1.82, 2.24) is 0 Å². The van der Waals surface area contributed by atoms with E-state index in [9.17, 15) is 9.59 Å². The number of rotatable bonds is 10. The van der Waals surface area contributed by atoms with Crippen LogP contribution in [-0.4, -0.2) is 35.2 Å². The zero-order valence-corrected chi connectivity index (χ0v) is 10.9. The molecule has 108 valence electrons. The van der Waals surface area contributed by atoms with Crippen LogP contribution in [0.25, 0.3) is 0 Å². The zero-order chi connectivity index (χ0) is 14.2. The van der Waals surface area contributed by atoms with Crippen molar-refractivity contribution < 1.29 is 19.8 Å². The first-order chi connectivity index (χ1) is 8.54. The average molecular weight is 262 g/mol. The zero-order valence-electron chi connectivity index (χ0n) is 10.9. The lowest BCUT2D eigenvalue weighted by molar-refractivity contribution is -0.138. The quantitative estimate of drug-likeness (QED) is 0.438. The average Bonchev–Trinajstić information content (AvgIpc) is 2.31. The monoisotopic (exact) mass is 262 g/mol. The molecule has 6 heteroatoms. The van der Waals surface area contributed by atoms with Crippen molar-refractivity contribution >= 4 is 11.9 Å². The van der Waals surface area contributed by atoms with Crippen molar-refractivity contribution in [1.29, 1.82) is 0 Å². The van der Waals surface area contributed by atoms with Gasteiger partial charge in [-0.1, -0.05) is 12.8 Å². The highest BCUT2D eigenvalue weighted by Gasteiger charge is 1.94. The van der Waals surface area contributed by atoms with E-state index in [4.69, 9.17) is 21.7 Å². The van der Waals surface area contributed by atoms with Crippen LogP contribution >= 0.6 is 0 Å². The van der Waals surface area contributed by atoms with Gasteiger partial charge in [-0.2, -0.15) is 0 Å². The Morgan fingerprint density at radius 3 is 1.22 bits per heavy atom. The summed E-state index contributed by atoms with van der Waals surface area (Å²) in [6.07, 6.45) is 5.81. The molecule has 0 unspecified atom stereocenters. The molecule has 0 aliphatic heterocycles. The molecule has 0 radical (unpaired) electrons. The molecule has 0 atom stereocenters. The topological polar surface area (TPSA) is 127 Å². The summed E-state index contributed by atoms with van der Waals surface area (Å²) in [5, 5.41) is 16.4. The SMILES string of the molecule is NCCCCCC(=O)O.NCCCCCC(=O)O. The fourth-order valence-electron chi connectivity index (χ4n) is 1.19. The number of unbranched alkanes of at least 4 members (excludes halogenated alkanes) is 4. The molecule has 0 rings (SSSR count). The fraction of sp³-hybridized carbons (Fsp3) is 0.833. The van der Waals surface area contributed by atoms with Gasteiger partial charge in [0, 0.05) is 12.8 Å². The van der Waals surface area contributed by atoms with Gasteiger partial charge in [-0.15, -0.1) is 0 Å². The molecule has 0 aliphatic carbocycles. The summed E-state index contributed by atoms with van der Waals surface area (Å²) in [4.78, 5) is 19.9. The maximum Gasteiger partial charge on any atom is 0.303 e. The predicted octanol–water partition coefficient (Wildman–Crippen LogP) is 1.18. The molecule has 0 heterocycles. The van der Waals surface area contributed by atoms with E-state index in [0.717, 1.165) is 38.5 Å². The summed E-state index contributed by atoms with van der Waals surface area (Å²) in [7, 11) is 0. The Bertz CT molecular complexity index is 188. The maximum absolute atomic E-state index is 9.93. The molecular formula is C12H26N2O4. The number of carboxylic acid groups (broad SMARTS) is 2. The van der Waals surface area contributed by atoms with Gasteiger partial charge in [-0.3, -0.25) is 9.59 Å². The molecule has 0 amide bonds. The van der Waals surface area contributed by atoms with Crippen molar-refractivity contribution in [2.45, 2.75) is 51.4 Å². The maximum atomic E-state index is 9.93. The number of carboxylic acids is 2. The molecule has 0 saturated carbocycles. The van der Waals surface area contributed by atoms with Gasteiger partial charge >= 0.3 is 11.9 Å². The van der Waals surface area contributed by atoms with Gasteiger partial charge < -0.3 is 21.7 Å². The van der Waals surface area contributed by atoms with Gasteiger partial charge in [0.05, 0.1) is 0 Å². The summed E-state index contributed by atoms with van der Waals surface area (Å²) in [5.41, 5.74) is 10.4. The van der Waals surface area contributed by atoms with E-state index in [-0.39, 0.29) is 12.8 Å². The van der Waals surface area contributed by atoms with E-state index >= 15 is 0 Å². The highest BCUT2D eigenvalue weighted by atomic mass is 16.4. The van der Waals surface area contributed by atoms with Gasteiger partial charge in [0.25, 0.3) is 0 Å². The molecule has 0 bridgehead atoms. The van der Waals surface area contributed by atoms with E-state index in [1.807, 2.05) is 0 Å². The summed E-state index contributed by atoms with van der Waals surface area (Å²) < 4.78 is 0. The molecule has 6 N–H and O–H groups in total. The summed E-state index contributed by atoms with van der Waals surface area (Å²) in [6.45, 7) is 1.33. The molecule has 0 aromatic rings. The summed E-state index contributed by atoms with van der Waals surface area (Å²) >= 11 is 0. The van der Waals surface area contributed by atoms with Crippen molar-refractivity contribution in [3.8, 4) is 0 Å². The second-order valence-electron chi connectivity index (χ2n) is 3.99. The van der Waals surface area contributed by atoms with Crippen molar-refractivity contribution in [2.24, 2.45) is 11.5 Å². The number of carbonyl (C=O) groups is 2. The van der Waals surface area contributed by atoms with Crippen LogP contribution < -0.4 is 11.5 Å². The number of nitrogens with two attached hydrogens (primary N) is 2. The van der Waals surface area contributed by atoms with Crippen molar-refractivity contribution in [3.63, 3.8) is 0 Å². The van der Waals surface area contributed by atoms with Gasteiger partial charge in [-0.05, 0) is 38.8 Å². The molecule has 0 saturated heterocycles. The third kappa shape index (κ3) is 24.2. The van der Waals surface area contributed by atoms with Crippen molar-refractivity contribution in [2.75, 3.05) is 13.1 Å². The van der Waals surface area contributed by atoms with Gasteiger partial charge in [0.1, 0.15) is 0 Å². The van der Waals surface area contributed by atoms with Crippen LogP contribution in [0, 0.1) is 0 Å². The smallest absolute Gasteiger partial charge is 0.303 e. The predicted molar refractivity (Wildman–Crippen MR) is 70.3 cm³/mol. The summed E-state index contributed by atoms with van der Waals surface area (Å²) in [5.74, 6) is -1.43. The number of hydrogen-bond donors (Lipinski definition) is 4. The second kappa shape index (κ2) is 15.9. The van der Waals surface area contributed by atoms with Gasteiger partial charge in [-0.25, -0.2) is 0 Å². The Labute approximate surface area is 108 Å². The highest BCUT2D eigenvalue weighted by Crippen LogP contribution is 1.97. The van der Waals surface area contributed by atoms with E-state index in [1.165, 1.54) is 0 Å². The standard InChI is InChI=1S/2C6H13NO2/c2*7-5-3-1-2-4-6(8)9/h2*1-5,7H2,(H,8,9). The van der Waals surface area contributed by atoms with Crippen LogP contribution in [0.2, 0.25) is 0 Å². The molecule has 6 nitrogen and oxygen atoms in total. The first kappa shape index (κ1) is 19.2. The van der Waals surface area contributed by atoms with Crippen LogP contribution in [0.15, 0.2) is 0 Å². The second-order valence-corrected chi connectivity index (χ2v) is 3.99. The number of hydrogen-bond acceptors (Lipinski definition) is 4. The molecular weight excluding hydrogens is 236 g/mol. The third-order valence-corrected chi connectivity index (χ3v) is 2.19. The highest BCUT2D eigenvalue weighted by molar-refractivity contribution is 5.66. The van der Waals surface area contributed by atoms with Crippen LogP contribution in [0.1, 0.15) is 51.4 Å². The first-order valence-electron chi connectivity index (χ1n) is 6.38. The Hall–Kier alpha value is -1.14. The lowest BCUT2D eigenvalue weighted by atomic mass is 10.2. The molecule has 0 aromatic carbocycles. The van der Waals surface area contributed by atoms with Gasteiger partial charge in [0.15, 0.2) is 0 Å². The van der Waals surface area contributed by atoms with E-state index in [0.29, 0.717) is 13.1 Å². The minimum Gasteiger partial charge on any atom is -0.481 e. The van der Waals surface area contributed by atoms with E-state index in [2.05, 4.69) is 0 Å². The lowest BCUT2D eigenvalue weighted by Crippen LogP contribution is -1.99. The van der Waals surface area contributed by atoms with Crippen LogP contribution in [0.5, 0.6) is 0 Å². The Kier molecular flexibility index (Phi) is 16.9. The molecule has 0 aliphatic rings. The lowest BCUT2D eigenvalue weighted by Gasteiger charge is -1.93. The van der Waals surface area contributed by atoms with Crippen LogP contribution in [0.3, 0.4) is 0 Å². The Morgan fingerprint density at radius 2 is 1.00 bits per heavy atom. The Morgan fingerprint density at radius 1 is 0.667 bits per heavy atom. The van der Waals surface area contributed by atoms with E-state index < -0.39 is 11.9 Å². The minimum atomic E-state index is -0.716. The van der Waals surface area contributed by atoms with Crippen molar-refractivity contribution in [3.05, 3.63) is 0 Å². The van der Waals surface area contributed by atoms with Crippen LogP contribution in [-0.2, 0) is 9.59 Å². The first-order valence-corrected chi connectivity index (χ1v) is 6.38. The molecule has 18 heavy (non-hydrogen) atoms. The minimum absolute atomic E-state index is 0.278. The summed E-state index contributed by atoms with van der Waals surface area (Å²) in [6, 6.07) is 0. The third-order valence-electron chi connectivity index (χ3n) is 2.19.